The second-order valence-electron chi connectivity index (χ2n) is 10.5. The Bertz CT molecular complexity index is 1310. The third-order valence-corrected chi connectivity index (χ3v) is 12.5. The molecule has 0 unspecified atom stereocenters. The minimum absolute atomic E-state index is 0.0727. The lowest BCUT2D eigenvalue weighted by Crippen LogP contribution is -2.47. The van der Waals surface area contributed by atoms with Crippen LogP contribution in [-0.4, -0.2) is 49.4 Å². The van der Waals surface area contributed by atoms with Crippen LogP contribution in [0.15, 0.2) is 48.5 Å². The monoisotopic (exact) mass is 627 g/mol. The average Bonchev–Trinajstić information content (AvgIpc) is 3.15. The number of carbonyl (C=O) groups excluding carboxylic acids is 2. The van der Waals surface area contributed by atoms with E-state index in [0.29, 0.717) is 5.56 Å². The highest BCUT2D eigenvalue weighted by atomic mass is 31.2. The van der Waals surface area contributed by atoms with Gasteiger partial charge in [0, 0.05) is 0 Å². The fourth-order valence-corrected chi connectivity index (χ4v) is 10.5. The molecule has 0 N–H and O–H groups in total. The van der Waals surface area contributed by atoms with E-state index in [0.717, 1.165) is 17.0 Å². The number of anilines is 1. The molecule has 1 aliphatic heterocycles. The molecule has 1 atom stereocenters. The first-order valence-corrected chi connectivity index (χ1v) is 17.2. The maximum absolute atomic E-state index is 15.0. The maximum Gasteiger partial charge on any atom is 0.421 e. The third-order valence-electron chi connectivity index (χ3n) is 6.53. The Morgan fingerprint density at radius 3 is 1.83 bits per heavy atom. The Hall–Kier alpha value is -2.39. The molecular weight excluding hydrogens is 587 g/mol. The first kappa shape index (κ1) is 34.1. The molecule has 0 bridgehead atoms. The second-order valence-corrected chi connectivity index (χ2v) is 15.3. The number of benzene rings is 2. The highest BCUT2D eigenvalue weighted by Crippen LogP contribution is 2.73. The van der Waals surface area contributed by atoms with Crippen molar-refractivity contribution in [3.05, 3.63) is 65.5 Å². The minimum atomic E-state index is -4.35. The highest BCUT2D eigenvalue weighted by molar-refractivity contribution is 7.72. The van der Waals surface area contributed by atoms with Crippen molar-refractivity contribution in [3.8, 4) is 0 Å². The normalized spacial score (nSPS) is 17.5. The van der Waals surface area contributed by atoms with Crippen LogP contribution in [0.4, 0.5) is 14.9 Å². The smallest absolute Gasteiger partial charge is 0.421 e. The van der Waals surface area contributed by atoms with Gasteiger partial charge in [-0.3, -0.25) is 13.9 Å². The van der Waals surface area contributed by atoms with Gasteiger partial charge < -0.3 is 22.8 Å². The van der Waals surface area contributed by atoms with E-state index in [1.165, 1.54) is 6.07 Å². The summed E-state index contributed by atoms with van der Waals surface area (Å²) in [6, 6.07) is 11.9. The van der Waals surface area contributed by atoms with Gasteiger partial charge in [-0.25, -0.2) is 14.1 Å². The summed E-state index contributed by atoms with van der Waals surface area (Å²) in [6.45, 7) is 11.0. The lowest BCUT2D eigenvalue weighted by Gasteiger charge is -2.37. The largest absolute Gasteiger partial charge is 0.443 e. The molecular formula is C29H40FNO9P2. The fraction of sp³-hybridized carbons (Fsp3) is 0.517. The SMILES string of the molecule is CCOP(=O)(OCC)C(C[C@]1(c2ccccc2)C(=O)N(C(=O)OC(C)(C)C)c2ccc(F)cc21)P(=O)(OCC)OCC. The lowest BCUT2D eigenvalue weighted by molar-refractivity contribution is -0.121. The number of hydrogen-bond acceptors (Lipinski definition) is 9. The van der Waals surface area contributed by atoms with Crippen molar-refractivity contribution in [2.24, 2.45) is 0 Å². The number of rotatable bonds is 13. The van der Waals surface area contributed by atoms with E-state index in [1.54, 1.807) is 78.8 Å². The topological polar surface area (TPSA) is 118 Å². The van der Waals surface area contributed by atoms with Crippen LogP contribution >= 0.6 is 15.2 Å². The van der Waals surface area contributed by atoms with Crippen molar-refractivity contribution in [2.75, 3.05) is 31.3 Å². The summed E-state index contributed by atoms with van der Waals surface area (Å²) in [7, 11) is -8.69. The quantitative estimate of drug-likeness (QED) is 0.207. The number of imide groups is 1. The second kappa shape index (κ2) is 13.5. The predicted molar refractivity (Wildman–Crippen MR) is 157 cm³/mol. The van der Waals surface area contributed by atoms with Crippen LogP contribution in [0.2, 0.25) is 0 Å². The van der Waals surface area contributed by atoms with Gasteiger partial charge in [0.05, 0.1) is 32.1 Å². The van der Waals surface area contributed by atoms with E-state index in [4.69, 9.17) is 22.8 Å². The lowest BCUT2D eigenvalue weighted by atomic mass is 9.73. The van der Waals surface area contributed by atoms with Crippen molar-refractivity contribution in [1.82, 2.24) is 0 Å². The highest BCUT2D eigenvalue weighted by Gasteiger charge is 2.62. The summed E-state index contributed by atoms with van der Waals surface area (Å²) in [6.07, 6.45) is -1.51. The number of halogens is 1. The van der Waals surface area contributed by atoms with Crippen molar-refractivity contribution in [1.29, 1.82) is 0 Å². The molecule has 2 aromatic carbocycles. The Balaban J connectivity index is 2.42. The Labute approximate surface area is 246 Å². The van der Waals surface area contributed by atoms with Crippen molar-refractivity contribution < 1.29 is 45.9 Å². The van der Waals surface area contributed by atoms with Gasteiger partial charge in [0.1, 0.15) is 16.8 Å². The number of fused-ring (bicyclic) bond motifs is 1. The van der Waals surface area contributed by atoms with E-state index in [2.05, 4.69) is 0 Å². The molecule has 42 heavy (non-hydrogen) atoms. The number of carbonyl (C=O) groups is 2. The van der Waals surface area contributed by atoms with Gasteiger partial charge >= 0.3 is 21.3 Å². The molecule has 232 valence electrons. The Kier molecular flexibility index (Phi) is 11.0. The van der Waals surface area contributed by atoms with Crippen LogP contribution in [0.3, 0.4) is 0 Å². The summed E-state index contributed by atoms with van der Waals surface area (Å²) < 4.78 is 72.2. The van der Waals surface area contributed by atoms with Gasteiger partial charge in [0.25, 0.3) is 5.91 Å². The summed E-state index contributed by atoms with van der Waals surface area (Å²) >= 11 is 0. The van der Waals surface area contributed by atoms with Gasteiger partial charge in [0.15, 0.2) is 5.40 Å². The van der Waals surface area contributed by atoms with Crippen molar-refractivity contribution >= 4 is 32.9 Å². The van der Waals surface area contributed by atoms with E-state index in [1.807, 2.05) is 0 Å². The molecule has 0 aliphatic carbocycles. The van der Waals surface area contributed by atoms with E-state index < -0.39 is 55.8 Å². The molecule has 2 aromatic rings. The Morgan fingerprint density at radius 1 is 0.881 bits per heavy atom. The molecule has 13 heteroatoms. The molecule has 0 saturated carbocycles. The summed E-state index contributed by atoms with van der Waals surface area (Å²) in [4.78, 5) is 29.0. The molecule has 0 saturated heterocycles. The minimum Gasteiger partial charge on any atom is -0.443 e. The van der Waals surface area contributed by atoms with Gasteiger partial charge in [0.2, 0.25) is 0 Å². The zero-order valence-corrected chi connectivity index (χ0v) is 26.9. The van der Waals surface area contributed by atoms with E-state index >= 15 is 0 Å². The number of ether oxygens (including phenoxy) is 1. The van der Waals surface area contributed by atoms with Gasteiger partial charge in [-0.1, -0.05) is 30.3 Å². The van der Waals surface area contributed by atoms with E-state index in [-0.39, 0.29) is 37.7 Å². The van der Waals surface area contributed by atoms with Crippen LogP contribution < -0.4 is 4.90 Å². The standard InChI is InChI=1S/C29H40FNO9P2/c1-8-36-41(34,37-9-2)25(42(35,38-10-3)39-11-4)20-29(21-15-13-12-14-16-21)23-19-22(30)17-18-24(23)31(26(29)32)27(33)40-28(5,6)7/h12-19,25H,8-11,20H2,1-7H3/t29-/m1/s1. The zero-order chi connectivity index (χ0) is 31.3. The van der Waals surface area contributed by atoms with Crippen LogP contribution in [0, 0.1) is 5.82 Å². The fourth-order valence-electron chi connectivity index (χ4n) is 5.08. The first-order chi connectivity index (χ1) is 19.7. The molecule has 10 nitrogen and oxygen atoms in total. The van der Waals surface area contributed by atoms with Gasteiger partial charge in [-0.2, -0.15) is 0 Å². The van der Waals surface area contributed by atoms with Crippen LogP contribution in [-0.2, 0) is 42.2 Å². The number of nitrogens with zero attached hydrogens (tertiary/aromatic N) is 1. The summed E-state index contributed by atoms with van der Waals surface area (Å²) in [5.74, 6) is -1.49. The maximum atomic E-state index is 15.0. The number of amides is 2. The molecule has 0 spiro atoms. The Morgan fingerprint density at radius 2 is 1.38 bits per heavy atom. The third kappa shape index (κ3) is 6.72. The summed E-state index contributed by atoms with van der Waals surface area (Å²) in [5.41, 5.74) is -2.36. The molecule has 0 radical (unpaired) electrons. The van der Waals surface area contributed by atoms with E-state index in [9.17, 15) is 23.1 Å². The van der Waals surface area contributed by atoms with Gasteiger partial charge in [-0.05, 0) is 84.2 Å². The summed E-state index contributed by atoms with van der Waals surface area (Å²) in [5, 5.41) is -1.64. The molecule has 0 fully saturated rings. The molecule has 1 aliphatic rings. The molecule has 3 rings (SSSR count). The predicted octanol–water partition coefficient (Wildman–Crippen LogP) is 7.64. The average molecular weight is 628 g/mol. The van der Waals surface area contributed by atoms with Crippen LogP contribution in [0.5, 0.6) is 0 Å². The first-order valence-electron chi connectivity index (χ1n) is 13.9. The van der Waals surface area contributed by atoms with Crippen molar-refractivity contribution in [3.63, 3.8) is 0 Å². The zero-order valence-electron chi connectivity index (χ0n) is 25.1. The van der Waals surface area contributed by atoms with Crippen molar-refractivity contribution in [2.45, 2.75) is 71.3 Å². The van der Waals surface area contributed by atoms with Gasteiger partial charge in [-0.15, -0.1) is 0 Å². The molecule has 2 amide bonds. The molecule has 0 aromatic heterocycles. The molecule has 1 heterocycles. The number of hydrogen-bond donors (Lipinski definition) is 0. The van der Waals surface area contributed by atoms with Crippen LogP contribution in [0.25, 0.3) is 0 Å². The van der Waals surface area contributed by atoms with Crippen LogP contribution in [0.1, 0.15) is 66.0 Å².